The smallest absolute Gasteiger partial charge is 0.238 e. The van der Waals surface area contributed by atoms with Gasteiger partial charge in [0.15, 0.2) is 9.84 Å². The molecule has 126 valence electrons. The average molecular weight is 365 g/mol. The molecule has 7 heteroatoms. The Morgan fingerprint density at radius 3 is 2.42 bits per heavy atom. The highest BCUT2D eigenvalue weighted by atomic mass is 32.2. The van der Waals surface area contributed by atoms with Crippen molar-refractivity contribution in [3.05, 3.63) is 59.4 Å². The summed E-state index contributed by atoms with van der Waals surface area (Å²) in [5, 5.41) is -0.298. The molecule has 1 heterocycles. The van der Waals surface area contributed by atoms with Gasteiger partial charge in [-0.15, -0.1) is 11.8 Å². The summed E-state index contributed by atoms with van der Waals surface area (Å²) in [5.41, 5.74) is 1.83. The summed E-state index contributed by atoms with van der Waals surface area (Å²) in [6.07, 6.45) is 1.15. The van der Waals surface area contributed by atoms with Crippen LogP contribution >= 0.6 is 11.8 Å². The number of hydrogen-bond acceptors (Lipinski definition) is 4. The van der Waals surface area contributed by atoms with Crippen molar-refractivity contribution in [1.29, 1.82) is 0 Å². The highest BCUT2D eigenvalue weighted by Gasteiger charge is 2.34. The number of benzene rings is 2. The molecule has 0 N–H and O–H groups in total. The molecule has 0 bridgehead atoms. The van der Waals surface area contributed by atoms with Gasteiger partial charge in [0.2, 0.25) is 5.91 Å². The second-order valence-corrected chi connectivity index (χ2v) is 8.79. The van der Waals surface area contributed by atoms with E-state index in [-0.39, 0.29) is 22.0 Å². The maximum Gasteiger partial charge on any atom is 0.238 e. The van der Waals surface area contributed by atoms with Crippen LogP contribution in [0.15, 0.2) is 47.4 Å². The van der Waals surface area contributed by atoms with Crippen LogP contribution in [0.2, 0.25) is 0 Å². The third-order valence-electron chi connectivity index (χ3n) is 3.89. The van der Waals surface area contributed by atoms with Crippen LogP contribution < -0.4 is 4.90 Å². The van der Waals surface area contributed by atoms with Crippen LogP contribution in [0.25, 0.3) is 0 Å². The van der Waals surface area contributed by atoms with Gasteiger partial charge in [0, 0.05) is 11.9 Å². The fourth-order valence-corrected chi connectivity index (χ4v) is 4.37. The monoisotopic (exact) mass is 365 g/mol. The van der Waals surface area contributed by atoms with Crippen LogP contribution in [0, 0.1) is 12.7 Å². The largest absolute Gasteiger partial charge is 0.295 e. The van der Waals surface area contributed by atoms with E-state index in [0.717, 1.165) is 11.8 Å². The molecule has 0 radical (unpaired) electrons. The lowest BCUT2D eigenvalue weighted by molar-refractivity contribution is -0.115. The Labute approximate surface area is 144 Å². The number of aryl methyl sites for hydroxylation is 1. The van der Waals surface area contributed by atoms with Crippen molar-refractivity contribution in [2.45, 2.75) is 17.2 Å². The summed E-state index contributed by atoms with van der Waals surface area (Å²) in [6, 6.07) is 11.2. The lowest BCUT2D eigenvalue weighted by Gasteiger charge is -2.24. The second-order valence-electron chi connectivity index (χ2n) is 5.70. The van der Waals surface area contributed by atoms with Crippen molar-refractivity contribution in [2.24, 2.45) is 0 Å². The van der Waals surface area contributed by atoms with E-state index in [0.29, 0.717) is 17.0 Å². The number of sulfone groups is 1. The minimum absolute atomic E-state index is 0.0968. The zero-order chi connectivity index (χ0) is 17.5. The third kappa shape index (κ3) is 3.18. The van der Waals surface area contributed by atoms with E-state index in [4.69, 9.17) is 0 Å². The van der Waals surface area contributed by atoms with Crippen LogP contribution in [0.4, 0.5) is 10.1 Å². The van der Waals surface area contributed by atoms with Crippen LogP contribution in [0.5, 0.6) is 0 Å². The predicted molar refractivity (Wildman–Crippen MR) is 93.4 cm³/mol. The van der Waals surface area contributed by atoms with Crippen molar-refractivity contribution in [1.82, 2.24) is 0 Å². The minimum atomic E-state index is -3.27. The van der Waals surface area contributed by atoms with E-state index >= 15 is 0 Å². The number of halogens is 1. The molecule has 1 unspecified atom stereocenters. The van der Waals surface area contributed by atoms with Gasteiger partial charge < -0.3 is 0 Å². The van der Waals surface area contributed by atoms with Gasteiger partial charge in [0.25, 0.3) is 0 Å². The molecule has 1 atom stereocenters. The molecule has 0 saturated carbocycles. The fraction of sp³-hybridized carbons (Fsp3) is 0.235. The summed E-state index contributed by atoms with van der Waals surface area (Å²) in [7, 11) is -3.27. The number of hydrogen-bond donors (Lipinski definition) is 0. The van der Waals surface area contributed by atoms with Crippen molar-refractivity contribution in [3.63, 3.8) is 0 Å². The van der Waals surface area contributed by atoms with Crippen molar-refractivity contribution < 1.29 is 17.6 Å². The lowest BCUT2D eigenvalue weighted by atomic mass is 10.1. The van der Waals surface area contributed by atoms with E-state index in [1.165, 1.54) is 30.0 Å². The molecular weight excluding hydrogens is 349 g/mol. The number of carbonyl (C=O) groups excluding carboxylic acids is 1. The number of carbonyl (C=O) groups is 1. The van der Waals surface area contributed by atoms with Gasteiger partial charge in [-0.1, -0.05) is 18.2 Å². The van der Waals surface area contributed by atoms with Gasteiger partial charge >= 0.3 is 0 Å². The highest BCUT2D eigenvalue weighted by molar-refractivity contribution is 8.00. The van der Waals surface area contributed by atoms with E-state index in [9.17, 15) is 17.6 Å². The number of rotatable bonds is 3. The van der Waals surface area contributed by atoms with E-state index in [1.54, 1.807) is 36.1 Å². The number of nitrogens with zero attached hydrogens (tertiary/aromatic N) is 1. The molecule has 4 nitrogen and oxygen atoms in total. The normalized spacial score (nSPS) is 18.2. The first-order valence-electron chi connectivity index (χ1n) is 7.27. The molecule has 2 aromatic rings. The summed E-state index contributed by atoms with van der Waals surface area (Å²) >= 11 is 1.43. The van der Waals surface area contributed by atoms with E-state index in [1.807, 2.05) is 0 Å². The topological polar surface area (TPSA) is 54.5 Å². The maximum absolute atomic E-state index is 13.9. The number of anilines is 1. The standard InChI is InChI=1S/C17H16FNO3S2/c1-11-3-6-13(9-15(11)18)19-16(20)10-23-17(19)12-4-7-14(8-5-12)24(2,21)22/h3-9,17H,10H2,1-2H3. The van der Waals surface area contributed by atoms with Crippen molar-refractivity contribution in [3.8, 4) is 0 Å². The van der Waals surface area contributed by atoms with E-state index < -0.39 is 9.84 Å². The van der Waals surface area contributed by atoms with Gasteiger partial charge in [-0.2, -0.15) is 0 Å². The molecule has 2 aromatic carbocycles. The quantitative estimate of drug-likeness (QED) is 0.837. The number of thioether (sulfide) groups is 1. The maximum atomic E-state index is 13.9. The Kier molecular flexibility index (Phi) is 4.40. The van der Waals surface area contributed by atoms with Crippen LogP contribution in [0.1, 0.15) is 16.5 Å². The van der Waals surface area contributed by atoms with Crippen LogP contribution in [0.3, 0.4) is 0 Å². The lowest BCUT2D eigenvalue weighted by Crippen LogP contribution is -2.28. The van der Waals surface area contributed by atoms with Crippen molar-refractivity contribution >= 4 is 33.2 Å². The molecule has 24 heavy (non-hydrogen) atoms. The Bertz CT molecular complexity index is 895. The van der Waals surface area contributed by atoms with Crippen molar-refractivity contribution in [2.75, 3.05) is 16.9 Å². The Hall–Kier alpha value is -1.86. The molecule has 0 aromatic heterocycles. The SMILES string of the molecule is Cc1ccc(N2C(=O)CSC2c2ccc(S(C)(=O)=O)cc2)cc1F. The minimum Gasteiger partial charge on any atom is -0.295 e. The summed E-state index contributed by atoms with van der Waals surface area (Å²) in [5.74, 6) is -0.155. The molecule has 0 aliphatic carbocycles. The Balaban J connectivity index is 1.97. The first kappa shape index (κ1) is 17.0. The molecule has 3 rings (SSSR count). The predicted octanol–water partition coefficient (Wildman–Crippen LogP) is 3.32. The summed E-state index contributed by atoms with van der Waals surface area (Å²) in [6.45, 7) is 1.67. The Morgan fingerprint density at radius 2 is 1.83 bits per heavy atom. The zero-order valence-electron chi connectivity index (χ0n) is 13.2. The number of amides is 1. The molecule has 0 spiro atoms. The highest BCUT2D eigenvalue weighted by Crippen LogP contribution is 2.42. The molecule has 1 amide bonds. The van der Waals surface area contributed by atoms with E-state index in [2.05, 4.69) is 0 Å². The van der Waals surface area contributed by atoms with Gasteiger partial charge in [0.05, 0.1) is 10.6 Å². The molecule has 1 saturated heterocycles. The third-order valence-corrected chi connectivity index (χ3v) is 6.24. The molecule has 1 fully saturated rings. The van der Waals surface area contributed by atoms with Gasteiger partial charge in [-0.05, 0) is 42.3 Å². The second kappa shape index (κ2) is 6.22. The molecule has 1 aliphatic rings. The Morgan fingerprint density at radius 1 is 1.17 bits per heavy atom. The molecule has 1 aliphatic heterocycles. The molecular formula is C17H16FNO3S2. The summed E-state index contributed by atoms with van der Waals surface area (Å²) in [4.78, 5) is 14.1. The summed E-state index contributed by atoms with van der Waals surface area (Å²) < 4.78 is 37.0. The average Bonchev–Trinajstić information content (AvgIpc) is 2.91. The zero-order valence-corrected chi connectivity index (χ0v) is 14.8. The fourth-order valence-electron chi connectivity index (χ4n) is 2.56. The van der Waals surface area contributed by atoms with Gasteiger partial charge in [-0.3, -0.25) is 9.69 Å². The van der Waals surface area contributed by atoms with Crippen LogP contribution in [-0.4, -0.2) is 26.3 Å². The van der Waals surface area contributed by atoms with Crippen LogP contribution in [-0.2, 0) is 14.6 Å². The first-order valence-corrected chi connectivity index (χ1v) is 10.2. The first-order chi connectivity index (χ1) is 11.3. The van der Waals surface area contributed by atoms with Gasteiger partial charge in [-0.25, -0.2) is 12.8 Å². The van der Waals surface area contributed by atoms with Gasteiger partial charge in [0.1, 0.15) is 11.2 Å².